The third kappa shape index (κ3) is 4.46. The maximum absolute atomic E-state index is 13.0. The molecule has 2 aromatic rings. The van der Waals surface area contributed by atoms with E-state index in [0.717, 1.165) is 17.0 Å². The number of rotatable bonds is 5. The van der Waals surface area contributed by atoms with Crippen molar-refractivity contribution < 1.29 is 18.3 Å². The number of thioether (sulfide) groups is 1. The van der Waals surface area contributed by atoms with Crippen LogP contribution < -0.4 is 10.1 Å². The second-order valence-electron chi connectivity index (χ2n) is 4.14. The molecule has 2 aromatic carbocycles. The Morgan fingerprint density at radius 3 is 2.48 bits per heavy atom. The molecule has 0 aromatic heterocycles. The molecule has 0 spiro atoms. The lowest BCUT2D eigenvalue weighted by Crippen LogP contribution is -2.20. The second kappa shape index (κ2) is 7.08. The molecule has 0 aliphatic rings. The molecule has 1 amide bonds. The Morgan fingerprint density at radius 2 is 1.86 bits per heavy atom. The maximum Gasteiger partial charge on any atom is 0.262 e. The predicted molar refractivity (Wildman–Crippen MR) is 78.7 cm³/mol. The van der Waals surface area contributed by atoms with Gasteiger partial charge in [0.1, 0.15) is 5.75 Å². The van der Waals surface area contributed by atoms with E-state index in [2.05, 4.69) is 5.32 Å². The van der Waals surface area contributed by atoms with Crippen LogP contribution in [0, 0.1) is 11.6 Å². The summed E-state index contributed by atoms with van der Waals surface area (Å²) in [7, 11) is 0. The highest BCUT2D eigenvalue weighted by molar-refractivity contribution is 7.98. The molecule has 0 heterocycles. The van der Waals surface area contributed by atoms with E-state index < -0.39 is 17.5 Å². The standard InChI is InChI=1S/C15H13F2NO2S/c1-21-12-5-3-11(4-6-12)20-9-15(19)18-10-2-7-13(16)14(17)8-10/h2-8H,9H2,1H3,(H,18,19). The Balaban J connectivity index is 1.87. The number of anilines is 1. The van der Waals surface area contributed by atoms with E-state index in [4.69, 9.17) is 4.74 Å². The van der Waals surface area contributed by atoms with Gasteiger partial charge in [-0.2, -0.15) is 0 Å². The van der Waals surface area contributed by atoms with E-state index in [-0.39, 0.29) is 12.3 Å². The minimum absolute atomic E-state index is 0.181. The minimum atomic E-state index is -1.01. The van der Waals surface area contributed by atoms with Crippen LogP contribution in [0.25, 0.3) is 0 Å². The van der Waals surface area contributed by atoms with E-state index in [1.807, 2.05) is 18.4 Å². The summed E-state index contributed by atoms with van der Waals surface area (Å²) in [4.78, 5) is 12.7. The number of benzene rings is 2. The van der Waals surface area contributed by atoms with Crippen LogP contribution in [0.5, 0.6) is 5.75 Å². The Morgan fingerprint density at radius 1 is 1.14 bits per heavy atom. The van der Waals surface area contributed by atoms with Crippen molar-refractivity contribution >= 4 is 23.4 Å². The van der Waals surface area contributed by atoms with Gasteiger partial charge in [0.15, 0.2) is 18.2 Å². The third-order valence-electron chi connectivity index (χ3n) is 2.63. The molecule has 6 heteroatoms. The number of amides is 1. The Labute approximate surface area is 125 Å². The summed E-state index contributed by atoms with van der Waals surface area (Å²) < 4.78 is 31.0. The first-order valence-electron chi connectivity index (χ1n) is 6.10. The van der Waals surface area contributed by atoms with Gasteiger partial charge in [0.25, 0.3) is 5.91 Å². The molecule has 110 valence electrons. The zero-order chi connectivity index (χ0) is 15.2. The van der Waals surface area contributed by atoms with Gasteiger partial charge in [0, 0.05) is 16.6 Å². The van der Waals surface area contributed by atoms with Gasteiger partial charge in [-0.1, -0.05) is 0 Å². The van der Waals surface area contributed by atoms with Crippen LogP contribution in [0.3, 0.4) is 0 Å². The van der Waals surface area contributed by atoms with Gasteiger partial charge < -0.3 is 10.1 Å². The quantitative estimate of drug-likeness (QED) is 0.856. The average Bonchev–Trinajstić information content (AvgIpc) is 2.49. The Kier molecular flexibility index (Phi) is 5.16. The molecule has 0 bridgehead atoms. The molecule has 0 aliphatic carbocycles. The Hall–Kier alpha value is -2.08. The highest BCUT2D eigenvalue weighted by atomic mass is 32.2. The maximum atomic E-state index is 13.0. The number of carbonyl (C=O) groups is 1. The largest absolute Gasteiger partial charge is 0.484 e. The summed E-state index contributed by atoms with van der Waals surface area (Å²) in [6, 6.07) is 10.4. The highest BCUT2D eigenvalue weighted by Crippen LogP contribution is 2.19. The van der Waals surface area contributed by atoms with Crippen LogP contribution in [0.1, 0.15) is 0 Å². The summed E-state index contributed by atoms with van der Waals surface area (Å²) in [5.41, 5.74) is 0.181. The smallest absolute Gasteiger partial charge is 0.262 e. The van der Waals surface area contributed by atoms with E-state index in [9.17, 15) is 13.6 Å². The van der Waals surface area contributed by atoms with E-state index >= 15 is 0 Å². The highest BCUT2D eigenvalue weighted by Gasteiger charge is 2.07. The molecule has 0 fully saturated rings. The molecule has 1 N–H and O–H groups in total. The van der Waals surface area contributed by atoms with Crippen molar-refractivity contribution in [1.82, 2.24) is 0 Å². The molecular formula is C15H13F2NO2S. The lowest BCUT2D eigenvalue weighted by molar-refractivity contribution is -0.118. The fraction of sp³-hybridized carbons (Fsp3) is 0.133. The molecular weight excluding hydrogens is 296 g/mol. The first-order chi connectivity index (χ1) is 10.1. The van der Waals surface area contributed by atoms with Crippen molar-refractivity contribution in [3.63, 3.8) is 0 Å². The van der Waals surface area contributed by atoms with E-state index in [1.54, 1.807) is 23.9 Å². The van der Waals surface area contributed by atoms with Crippen LogP contribution in [0.4, 0.5) is 14.5 Å². The van der Waals surface area contributed by atoms with Crippen LogP contribution in [0.15, 0.2) is 47.4 Å². The van der Waals surface area contributed by atoms with E-state index in [1.165, 1.54) is 6.07 Å². The second-order valence-corrected chi connectivity index (χ2v) is 5.02. The number of ether oxygens (including phenoxy) is 1. The van der Waals surface area contributed by atoms with Crippen molar-refractivity contribution in [3.8, 4) is 5.75 Å². The third-order valence-corrected chi connectivity index (χ3v) is 3.38. The summed E-state index contributed by atoms with van der Waals surface area (Å²) in [5.74, 6) is -1.86. The number of halogens is 2. The number of hydrogen-bond acceptors (Lipinski definition) is 3. The van der Waals surface area contributed by atoms with Gasteiger partial charge in [-0.05, 0) is 42.7 Å². The van der Waals surface area contributed by atoms with Gasteiger partial charge >= 0.3 is 0 Å². The zero-order valence-electron chi connectivity index (χ0n) is 11.2. The fourth-order valence-corrected chi connectivity index (χ4v) is 2.00. The molecule has 0 atom stereocenters. The van der Waals surface area contributed by atoms with Gasteiger partial charge in [0.05, 0.1) is 0 Å². The molecule has 0 aliphatic heterocycles. The predicted octanol–water partition coefficient (Wildman–Crippen LogP) is 3.70. The SMILES string of the molecule is CSc1ccc(OCC(=O)Nc2ccc(F)c(F)c2)cc1. The van der Waals surface area contributed by atoms with E-state index in [0.29, 0.717) is 5.75 Å². The molecule has 0 radical (unpaired) electrons. The van der Waals surface area contributed by atoms with Crippen molar-refractivity contribution in [1.29, 1.82) is 0 Å². The van der Waals surface area contributed by atoms with Crippen molar-refractivity contribution in [2.75, 3.05) is 18.2 Å². The number of nitrogens with one attached hydrogen (secondary N) is 1. The van der Waals surface area contributed by atoms with Crippen LogP contribution in [0.2, 0.25) is 0 Å². The molecule has 0 saturated carbocycles. The number of hydrogen-bond donors (Lipinski definition) is 1. The van der Waals surface area contributed by atoms with Crippen LogP contribution in [-0.4, -0.2) is 18.8 Å². The Bertz CT molecular complexity index is 632. The molecule has 0 saturated heterocycles. The first kappa shape index (κ1) is 15.3. The van der Waals surface area contributed by atoms with Crippen molar-refractivity contribution in [3.05, 3.63) is 54.1 Å². The molecule has 21 heavy (non-hydrogen) atoms. The molecule has 3 nitrogen and oxygen atoms in total. The van der Waals surface area contributed by atoms with Gasteiger partial charge in [-0.3, -0.25) is 4.79 Å². The van der Waals surface area contributed by atoms with Crippen molar-refractivity contribution in [2.45, 2.75) is 4.90 Å². The fourth-order valence-electron chi connectivity index (χ4n) is 1.59. The summed E-state index contributed by atoms with van der Waals surface area (Å²) in [5, 5.41) is 2.43. The molecule has 0 unspecified atom stereocenters. The molecule has 2 rings (SSSR count). The summed E-state index contributed by atoms with van der Waals surface area (Å²) in [6.45, 7) is -0.211. The lowest BCUT2D eigenvalue weighted by Gasteiger charge is -2.08. The number of carbonyl (C=O) groups excluding carboxylic acids is 1. The topological polar surface area (TPSA) is 38.3 Å². The minimum Gasteiger partial charge on any atom is -0.484 e. The van der Waals surface area contributed by atoms with Crippen LogP contribution >= 0.6 is 11.8 Å². The lowest BCUT2D eigenvalue weighted by atomic mass is 10.3. The summed E-state index contributed by atoms with van der Waals surface area (Å²) in [6.07, 6.45) is 1.96. The van der Waals surface area contributed by atoms with Gasteiger partial charge in [-0.25, -0.2) is 8.78 Å². The van der Waals surface area contributed by atoms with Crippen molar-refractivity contribution in [2.24, 2.45) is 0 Å². The summed E-state index contributed by atoms with van der Waals surface area (Å²) >= 11 is 1.61. The van der Waals surface area contributed by atoms with Crippen LogP contribution in [-0.2, 0) is 4.79 Å². The zero-order valence-corrected chi connectivity index (χ0v) is 12.0. The van der Waals surface area contributed by atoms with Gasteiger partial charge in [-0.15, -0.1) is 11.8 Å². The monoisotopic (exact) mass is 309 g/mol. The first-order valence-corrected chi connectivity index (χ1v) is 7.32. The average molecular weight is 309 g/mol. The van der Waals surface area contributed by atoms with Gasteiger partial charge in [0.2, 0.25) is 0 Å². The normalized spacial score (nSPS) is 10.2.